The Labute approximate surface area is 113 Å². The Kier molecular flexibility index (Phi) is 6.61. The molecule has 1 fully saturated rings. The summed E-state index contributed by atoms with van der Waals surface area (Å²) in [5.74, 6) is 0. The molecule has 0 aliphatic carbocycles. The minimum atomic E-state index is -0.230. The lowest BCUT2D eigenvalue weighted by atomic mass is 9.89. The maximum Gasteiger partial charge on any atom is 0.0669 e. The summed E-state index contributed by atoms with van der Waals surface area (Å²) in [6.07, 6.45) is 5.78. The van der Waals surface area contributed by atoms with Gasteiger partial charge in [0.25, 0.3) is 0 Å². The number of nitrogens with one attached hydrogen (secondary N) is 2. The average molecular weight is 256 g/mol. The minimum absolute atomic E-state index is 0.204. The zero-order valence-electron chi connectivity index (χ0n) is 12.6. The monoisotopic (exact) mass is 256 g/mol. The Balaban J connectivity index is 2.13. The van der Waals surface area contributed by atoms with Gasteiger partial charge in [-0.15, -0.1) is 0 Å². The summed E-state index contributed by atoms with van der Waals surface area (Å²) in [4.78, 5) is 0. The van der Waals surface area contributed by atoms with Crippen molar-refractivity contribution in [3.63, 3.8) is 0 Å². The lowest BCUT2D eigenvalue weighted by Gasteiger charge is -2.28. The largest absolute Gasteiger partial charge is 0.392 e. The molecule has 1 aliphatic heterocycles. The summed E-state index contributed by atoms with van der Waals surface area (Å²) in [5.41, 5.74) is 0.204. The first-order valence-corrected chi connectivity index (χ1v) is 7.51. The first kappa shape index (κ1) is 15.9. The van der Waals surface area contributed by atoms with Gasteiger partial charge in [-0.2, -0.15) is 0 Å². The first-order valence-electron chi connectivity index (χ1n) is 7.51. The van der Waals surface area contributed by atoms with E-state index in [0.717, 1.165) is 6.42 Å². The third-order valence-electron chi connectivity index (χ3n) is 3.60. The van der Waals surface area contributed by atoms with Crippen LogP contribution in [-0.4, -0.2) is 36.4 Å². The molecule has 0 spiro atoms. The molecular weight excluding hydrogens is 224 g/mol. The smallest absolute Gasteiger partial charge is 0.0669 e. The Morgan fingerprint density at radius 3 is 2.61 bits per heavy atom. The van der Waals surface area contributed by atoms with E-state index >= 15 is 0 Å². The molecule has 3 N–H and O–H groups in total. The van der Waals surface area contributed by atoms with Crippen LogP contribution in [-0.2, 0) is 0 Å². The molecule has 108 valence electrons. The van der Waals surface area contributed by atoms with Crippen molar-refractivity contribution in [2.75, 3.05) is 13.1 Å². The van der Waals surface area contributed by atoms with Crippen LogP contribution in [0.25, 0.3) is 0 Å². The lowest BCUT2D eigenvalue weighted by Crippen LogP contribution is -2.42. The van der Waals surface area contributed by atoms with Crippen LogP contribution in [0.3, 0.4) is 0 Å². The van der Waals surface area contributed by atoms with Crippen LogP contribution in [0.15, 0.2) is 0 Å². The maximum absolute atomic E-state index is 9.96. The van der Waals surface area contributed by atoms with Crippen LogP contribution in [0.5, 0.6) is 0 Å². The van der Waals surface area contributed by atoms with Gasteiger partial charge >= 0.3 is 0 Å². The fraction of sp³-hybridized carbons (Fsp3) is 1.00. The second kappa shape index (κ2) is 7.46. The molecule has 1 heterocycles. The third kappa shape index (κ3) is 7.34. The van der Waals surface area contributed by atoms with Crippen molar-refractivity contribution in [2.24, 2.45) is 5.41 Å². The molecule has 3 nitrogen and oxygen atoms in total. The molecule has 0 radical (unpaired) electrons. The molecule has 0 aromatic carbocycles. The van der Waals surface area contributed by atoms with Crippen molar-refractivity contribution in [1.82, 2.24) is 10.6 Å². The molecule has 3 atom stereocenters. The Morgan fingerprint density at radius 2 is 2.06 bits per heavy atom. The molecular formula is C15H32N2O. The molecule has 3 heteroatoms. The molecule has 0 saturated carbocycles. The Morgan fingerprint density at radius 1 is 1.33 bits per heavy atom. The van der Waals surface area contributed by atoms with Crippen LogP contribution >= 0.6 is 0 Å². The van der Waals surface area contributed by atoms with Gasteiger partial charge in [0.2, 0.25) is 0 Å². The van der Waals surface area contributed by atoms with Crippen molar-refractivity contribution < 1.29 is 5.11 Å². The lowest BCUT2D eigenvalue weighted by molar-refractivity contribution is 0.116. The minimum Gasteiger partial charge on any atom is -0.392 e. The third-order valence-corrected chi connectivity index (χ3v) is 3.60. The standard InChI is InChI=1S/C15H32N2O/c1-12(9-13-7-5-6-8-16-13)17-11-14(18)10-15(2,3)4/h12-14,16-18H,5-11H2,1-4H3. The van der Waals surface area contributed by atoms with Gasteiger partial charge in [-0.3, -0.25) is 0 Å². The summed E-state index contributed by atoms with van der Waals surface area (Å²) in [6, 6.07) is 1.15. The highest BCUT2D eigenvalue weighted by atomic mass is 16.3. The highest BCUT2D eigenvalue weighted by Gasteiger charge is 2.19. The number of aliphatic hydroxyl groups is 1. The van der Waals surface area contributed by atoms with Crippen molar-refractivity contribution in [2.45, 2.75) is 78.0 Å². The average Bonchev–Trinajstić information content (AvgIpc) is 2.25. The van der Waals surface area contributed by atoms with Gasteiger partial charge in [-0.05, 0) is 44.6 Å². The van der Waals surface area contributed by atoms with Crippen LogP contribution in [0.4, 0.5) is 0 Å². The van der Waals surface area contributed by atoms with Gasteiger partial charge in [0.1, 0.15) is 0 Å². The van der Waals surface area contributed by atoms with Crippen molar-refractivity contribution in [3.05, 3.63) is 0 Å². The van der Waals surface area contributed by atoms with E-state index in [1.54, 1.807) is 0 Å². The van der Waals surface area contributed by atoms with Gasteiger partial charge in [-0.1, -0.05) is 27.2 Å². The van der Waals surface area contributed by atoms with E-state index in [1.807, 2.05) is 0 Å². The molecule has 18 heavy (non-hydrogen) atoms. The van der Waals surface area contributed by atoms with Crippen LogP contribution in [0.1, 0.15) is 59.8 Å². The van der Waals surface area contributed by atoms with Gasteiger partial charge in [-0.25, -0.2) is 0 Å². The zero-order valence-corrected chi connectivity index (χ0v) is 12.6. The Bertz CT molecular complexity index is 219. The van der Waals surface area contributed by atoms with Crippen molar-refractivity contribution >= 4 is 0 Å². The Hall–Kier alpha value is -0.120. The molecule has 0 bridgehead atoms. The number of aliphatic hydroxyl groups excluding tert-OH is 1. The van der Waals surface area contributed by atoms with E-state index in [4.69, 9.17) is 0 Å². The summed E-state index contributed by atoms with van der Waals surface area (Å²) in [5, 5.41) is 17.0. The summed E-state index contributed by atoms with van der Waals surface area (Å²) in [6.45, 7) is 10.6. The number of rotatable bonds is 6. The van der Waals surface area contributed by atoms with E-state index in [9.17, 15) is 5.11 Å². The van der Waals surface area contributed by atoms with E-state index in [2.05, 4.69) is 38.3 Å². The molecule has 1 saturated heterocycles. The molecule has 0 aromatic heterocycles. The fourth-order valence-electron chi connectivity index (χ4n) is 2.75. The predicted molar refractivity (Wildman–Crippen MR) is 77.8 cm³/mol. The van der Waals surface area contributed by atoms with E-state index in [-0.39, 0.29) is 11.5 Å². The summed E-state index contributed by atoms with van der Waals surface area (Å²) < 4.78 is 0. The molecule has 0 aromatic rings. The van der Waals surface area contributed by atoms with Gasteiger partial charge < -0.3 is 15.7 Å². The first-order chi connectivity index (χ1) is 8.37. The van der Waals surface area contributed by atoms with Crippen LogP contribution in [0, 0.1) is 5.41 Å². The highest BCUT2D eigenvalue weighted by molar-refractivity contribution is 4.78. The molecule has 0 amide bonds. The number of hydrogen-bond donors (Lipinski definition) is 3. The van der Waals surface area contributed by atoms with Gasteiger partial charge in [0.05, 0.1) is 6.10 Å². The quantitative estimate of drug-likeness (QED) is 0.683. The second-order valence-electron chi connectivity index (χ2n) is 7.11. The summed E-state index contributed by atoms with van der Waals surface area (Å²) in [7, 11) is 0. The molecule has 1 aliphatic rings. The van der Waals surface area contributed by atoms with Gasteiger partial charge in [0, 0.05) is 18.6 Å². The molecule has 3 unspecified atom stereocenters. The normalized spacial score (nSPS) is 24.8. The molecule has 1 rings (SSSR count). The number of hydrogen-bond acceptors (Lipinski definition) is 3. The van der Waals surface area contributed by atoms with Crippen LogP contribution in [0.2, 0.25) is 0 Å². The van der Waals surface area contributed by atoms with E-state index in [1.165, 1.54) is 32.2 Å². The number of piperidine rings is 1. The second-order valence-corrected chi connectivity index (χ2v) is 7.11. The van der Waals surface area contributed by atoms with Crippen molar-refractivity contribution in [3.8, 4) is 0 Å². The van der Waals surface area contributed by atoms with E-state index in [0.29, 0.717) is 18.6 Å². The van der Waals surface area contributed by atoms with Gasteiger partial charge in [0.15, 0.2) is 0 Å². The SMILES string of the molecule is CC(CC1CCCCN1)NCC(O)CC(C)(C)C. The highest BCUT2D eigenvalue weighted by Crippen LogP contribution is 2.20. The predicted octanol–water partition coefficient (Wildman–Crippen LogP) is 2.29. The topological polar surface area (TPSA) is 44.3 Å². The van der Waals surface area contributed by atoms with Crippen LogP contribution < -0.4 is 10.6 Å². The summed E-state index contributed by atoms with van der Waals surface area (Å²) >= 11 is 0. The van der Waals surface area contributed by atoms with Crippen molar-refractivity contribution in [1.29, 1.82) is 0 Å². The van der Waals surface area contributed by atoms with E-state index < -0.39 is 0 Å². The fourth-order valence-corrected chi connectivity index (χ4v) is 2.75. The maximum atomic E-state index is 9.96. The zero-order chi connectivity index (χ0) is 13.6.